The maximum Gasteiger partial charge on any atom is 0.328 e. The summed E-state index contributed by atoms with van der Waals surface area (Å²) in [5, 5.41) is 22.8. The third-order valence-electron chi connectivity index (χ3n) is 2.48. The Balaban J connectivity index is 2.75. The van der Waals surface area contributed by atoms with Gasteiger partial charge in [-0.3, -0.25) is 0 Å². The number of aliphatic carboxylic acids is 1. The van der Waals surface area contributed by atoms with Crippen LogP contribution in [0.3, 0.4) is 0 Å². The molecule has 2 atom stereocenters. The third kappa shape index (κ3) is 4.22. The minimum absolute atomic E-state index is 0.521. The number of nitrogens with one attached hydrogen (secondary N) is 2. The van der Waals surface area contributed by atoms with E-state index in [9.17, 15) is 14.7 Å². The number of carbonyl (C=O) groups is 2. The van der Waals surface area contributed by atoms with E-state index in [4.69, 9.17) is 5.11 Å². The van der Waals surface area contributed by atoms with E-state index in [1.807, 2.05) is 13.0 Å². The van der Waals surface area contributed by atoms with E-state index in [0.29, 0.717) is 10.2 Å². The van der Waals surface area contributed by atoms with Crippen molar-refractivity contribution in [3.63, 3.8) is 0 Å². The molecule has 0 aliphatic rings. The number of benzene rings is 1. The van der Waals surface area contributed by atoms with Crippen molar-refractivity contribution in [3.8, 4) is 0 Å². The summed E-state index contributed by atoms with van der Waals surface area (Å²) in [7, 11) is 0. The van der Waals surface area contributed by atoms with Crippen LogP contribution in [0.2, 0.25) is 0 Å². The standard InChI is InChI=1S/C12H15BrN2O4/c1-6-4-3-5-8(9(6)13)14-12(19)15-10(7(2)16)11(17)18/h3-5,7,10,16H,1-2H3,(H,17,18)(H2,14,15,19). The average molecular weight is 331 g/mol. The second kappa shape index (κ2) is 6.53. The molecule has 0 saturated heterocycles. The summed E-state index contributed by atoms with van der Waals surface area (Å²) >= 11 is 3.32. The van der Waals surface area contributed by atoms with Crippen molar-refractivity contribution in [2.45, 2.75) is 26.0 Å². The van der Waals surface area contributed by atoms with Crippen LogP contribution in [0.15, 0.2) is 22.7 Å². The number of amides is 2. The molecule has 0 saturated carbocycles. The molecule has 1 rings (SSSR count). The highest BCUT2D eigenvalue weighted by atomic mass is 79.9. The summed E-state index contributed by atoms with van der Waals surface area (Å²) in [5.74, 6) is -1.30. The molecule has 1 aromatic rings. The quantitative estimate of drug-likeness (QED) is 0.675. The first-order chi connectivity index (χ1) is 8.82. The first kappa shape index (κ1) is 15.5. The van der Waals surface area contributed by atoms with E-state index in [2.05, 4.69) is 26.6 Å². The number of hydrogen-bond donors (Lipinski definition) is 4. The molecule has 0 fully saturated rings. The fraction of sp³-hybridized carbons (Fsp3) is 0.333. The molecule has 0 heterocycles. The van der Waals surface area contributed by atoms with Crippen molar-refractivity contribution in [1.29, 1.82) is 0 Å². The minimum Gasteiger partial charge on any atom is -0.480 e. The van der Waals surface area contributed by atoms with Crippen LogP contribution < -0.4 is 10.6 Å². The Morgan fingerprint density at radius 3 is 2.53 bits per heavy atom. The molecule has 0 aromatic heterocycles. The highest BCUT2D eigenvalue weighted by Gasteiger charge is 2.25. The molecule has 19 heavy (non-hydrogen) atoms. The maximum atomic E-state index is 11.7. The Morgan fingerprint density at radius 2 is 2.00 bits per heavy atom. The average Bonchev–Trinajstić information content (AvgIpc) is 2.31. The number of rotatable bonds is 4. The molecule has 4 N–H and O–H groups in total. The Hall–Kier alpha value is -1.60. The number of aliphatic hydroxyl groups is 1. The van der Waals surface area contributed by atoms with E-state index >= 15 is 0 Å². The number of anilines is 1. The van der Waals surface area contributed by atoms with E-state index in [1.54, 1.807) is 12.1 Å². The van der Waals surface area contributed by atoms with Crippen LogP contribution in [0.5, 0.6) is 0 Å². The van der Waals surface area contributed by atoms with Crippen molar-refractivity contribution in [3.05, 3.63) is 28.2 Å². The fourth-order valence-corrected chi connectivity index (χ4v) is 1.80. The number of urea groups is 1. The van der Waals surface area contributed by atoms with Gasteiger partial charge in [0.05, 0.1) is 11.8 Å². The van der Waals surface area contributed by atoms with Gasteiger partial charge in [0.2, 0.25) is 0 Å². The van der Waals surface area contributed by atoms with E-state index < -0.39 is 24.1 Å². The predicted octanol–water partition coefficient (Wildman–Crippen LogP) is 1.71. The van der Waals surface area contributed by atoms with Crippen molar-refractivity contribution in [1.82, 2.24) is 5.32 Å². The molecule has 0 spiro atoms. The lowest BCUT2D eigenvalue weighted by Crippen LogP contribution is -2.49. The fourth-order valence-electron chi connectivity index (χ4n) is 1.43. The summed E-state index contributed by atoms with van der Waals surface area (Å²) in [6.45, 7) is 3.16. The van der Waals surface area contributed by atoms with Gasteiger partial charge < -0.3 is 20.8 Å². The van der Waals surface area contributed by atoms with Gasteiger partial charge in [0.15, 0.2) is 6.04 Å². The van der Waals surface area contributed by atoms with Gasteiger partial charge in [-0.2, -0.15) is 0 Å². The Morgan fingerprint density at radius 1 is 1.37 bits per heavy atom. The molecule has 0 radical (unpaired) electrons. The van der Waals surface area contributed by atoms with Gasteiger partial charge in [-0.25, -0.2) is 9.59 Å². The third-order valence-corrected chi connectivity index (χ3v) is 3.53. The lowest BCUT2D eigenvalue weighted by molar-refractivity contribution is -0.141. The predicted molar refractivity (Wildman–Crippen MR) is 74.1 cm³/mol. The van der Waals surface area contributed by atoms with Crippen LogP contribution >= 0.6 is 15.9 Å². The van der Waals surface area contributed by atoms with Crippen molar-refractivity contribution >= 4 is 33.6 Å². The first-order valence-electron chi connectivity index (χ1n) is 5.56. The maximum absolute atomic E-state index is 11.7. The van der Waals surface area contributed by atoms with Crippen LogP contribution in [0.4, 0.5) is 10.5 Å². The molecule has 104 valence electrons. The van der Waals surface area contributed by atoms with Crippen LogP contribution in [0.1, 0.15) is 12.5 Å². The highest BCUT2D eigenvalue weighted by Crippen LogP contribution is 2.25. The highest BCUT2D eigenvalue weighted by molar-refractivity contribution is 9.10. The number of carboxylic acids is 1. The Labute approximate surface area is 118 Å². The summed E-state index contributed by atoms with van der Waals surface area (Å²) in [6.07, 6.45) is -1.19. The van der Waals surface area contributed by atoms with E-state index in [0.717, 1.165) is 5.56 Å². The van der Waals surface area contributed by atoms with Crippen molar-refractivity contribution in [2.75, 3.05) is 5.32 Å². The number of carbonyl (C=O) groups excluding carboxylic acids is 1. The molecule has 1 aromatic carbocycles. The normalized spacial score (nSPS) is 13.5. The van der Waals surface area contributed by atoms with Crippen LogP contribution in [0.25, 0.3) is 0 Å². The van der Waals surface area contributed by atoms with Gasteiger partial charge in [-0.15, -0.1) is 0 Å². The molecule has 2 amide bonds. The number of hydrogen-bond acceptors (Lipinski definition) is 3. The molecule has 0 aliphatic carbocycles. The van der Waals surface area contributed by atoms with Gasteiger partial charge in [-0.1, -0.05) is 12.1 Å². The van der Waals surface area contributed by atoms with Crippen molar-refractivity contribution in [2.24, 2.45) is 0 Å². The molecule has 0 bridgehead atoms. The smallest absolute Gasteiger partial charge is 0.328 e. The molecule has 2 unspecified atom stereocenters. The lowest BCUT2D eigenvalue weighted by Gasteiger charge is -2.18. The number of carboxylic acid groups (broad SMARTS) is 1. The van der Waals surface area contributed by atoms with E-state index in [1.165, 1.54) is 6.92 Å². The first-order valence-corrected chi connectivity index (χ1v) is 6.35. The zero-order valence-electron chi connectivity index (χ0n) is 10.5. The number of aryl methyl sites for hydroxylation is 1. The monoisotopic (exact) mass is 330 g/mol. The van der Waals surface area contributed by atoms with Gasteiger partial charge in [0.25, 0.3) is 0 Å². The van der Waals surface area contributed by atoms with Gasteiger partial charge in [-0.05, 0) is 41.4 Å². The van der Waals surface area contributed by atoms with Crippen LogP contribution in [-0.2, 0) is 4.79 Å². The number of aliphatic hydroxyl groups excluding tert-OH is 1. The molecular weight excluding hydrogens is 316 g/mol. The van der Waals surface area contributed by atoms with Gasteiger partial charge in [0, 0.05) is 4.47 Å². The Kier molecular flexibility index (Phi) is 5.31. The Bertz CT molecular complexity index is 491. The second-order valence-electron chi connectivity index (χ2n) is 4.09. The molecule has 0 aliphatic heterocycles. The molecular formula is C12H15BrN2O4. The van der Waals surface area contributed by atoms with E-state index in [-0.39, 0.29) is 0 Å². The summed E-state index contributed by atoms with van der Waals surface area (Å²) < 4.78 is 0.717. The second-order valence-corrected chi connectivity index (χ2v) is 4.88. The van der Waals surface area contributed by atoms with Crippen molar-refractivity contribution < 1.29 is 19.8 Å². The SMILES string of the molecule is Cc1cccc(NC(=O)NC(C(=O)O)C(C)O)c1Br. The molecule has 6 nitrogen and oxygen atoms in total. The van der Waals surface area contributed by atoms with Crippen LogP contribution in [0, 0.1) is 6.92 Å². The zero-order valence-corrected chi connectivity index (χ0v) is 12.1. The van der Waals surface area contributed by atoms with Gasteiger partial charge in [0.1, 0.15) is 0 Å². The number of halogens is 1. The van der Waals surface area contributed by atoms with Gasteiger partial charge >= 0.3 is 12.0 Å². The zero-order chi connectivity index (χ0) is 14.6. The largest absolute Gasteiger partial charge is 0.480 e. The summed E-state index contributed by atoms with van der Waals surface area (Å²) in [6, 6.07) is 3.25. The molecule has 7 heteroatoms. The summed E-state index contributed by atoms with van der Waals surface area (Å²) in [5.41, 5.74) is 1.45. The summed E-state index contributed by atoms with van der Waals surface area (Å²) in [4.78, 5) is 22.5. The topological polar surface area (TPSA) is 98.7 Å². The lowest BCUT2D eigenvalue weighted by atomic mass is 10.2. The van der Waals surface area contributed by atoms with Crippen LogP contribution in [-0.4, -0.2) is 34.4 Å². The minimum atomic E-state index is -1.36.